The van der Waals surface area contributed by atoms with Gasteiger partial charge in [-0.05, 0) is 38.5 Å². The number of allylic oxidation sites excluding steroid dienone is 4. The van der Waals surface area contributed by atoms with Gasteiger partial charge in [-0.1, -0.05) is 154 Å². The number of rotatable bonds is 36. The van der Waals surface area contributed by atoms with E-state index in [1.807, 2.05) is 0 Å². The van der Waals surface area contributed by atoms with Crippen LogP contribution >= 0.6 is 0 Å². The predicted octanol–water partition coefficient (Wildman–Crippen LogP) is 5.38. The summed E-state index contributed by atoms with van der Waals surface area (Å²) in [6.07, 6.45) is 18.9. The number of unbranched alkanes of at least 4 members (excludes halogenated alkanes) is 19. The molecule has 0 radical (unpaired) electrons. The second-order valence-electron chi connectivity index (χ2n) is 17.2. The van der Waals surface area contributed by atoms with Gasteiger partial charge in [-0.15, -0.1) is 0 Å². The Hall–Kier alpha value is -1.53. The quantitative estimate of drug-likeness (QED) is 0.0285. The highest BCUT2D eigenvalue weighted by Gasteiger charge is 2.51. The number of hydrogen-bond donors (Lipinski definition) is 9. The van der Waals surface area contributed by atoms with Gasteiger partial charge in [0.15, 0.2) is 12.6 Å². The SMILES string of the molecule is CCCC/C=C\C/C=C\CCCCCCCC(=O)NC(COC1OC(CO)C(OC2OC(CO)C(O)C(O)C2O)C(O)C1O)C(O)CCCCCCCCCCCCCCC. The smallest absolute Gasteiger partial charge is 0.220 e. The van der Waals surface area contributed by atoms with Gasteiger partial charge >= 0.3 is 0 Å². The van der Waals surface area contributed by atoms with Gasteiger partial charge in [0, 0.05) is 6.42 Å². The fourth-order valence-corrected chi connectivity index (χ4v) is 7.90. The number of hydrogen-bond acceptors (Lipinski definition) is 13. The number of nitrogens with one attached hydrogen (secondary N) is 1. The van der Waals surface area contributed by atoms with Gasteiger partial charge < -0.3 is 65.1 Å². The Bertz CT molecular complexity index is 1130. The zero-order valence-electron chi connectivity index (χ0n) is 37.7. The van der Waals surface area contributed by atoms with Crippen LogP contribution in [0.15, 0.2) is 24.3 Å². The second kappa shape index (κ2) is 34.8. The van der Waals surface area contributed by atoms with E-state index in [2.05, 4.69) is 43.5 Å². The van der Waals surface area contributed by atoms with Gasteiger partial charge in [-0.2, -0.15) is 0 Å². The van der Waals surface area contributed by atoms with E-state index >= 15 is 0 Å². The normalized spacial score (nSPS) is 28.2. The fourth-order valence-electron chi connectivity index (χ4n) is 7.90. The van der Waals surface area contributed by atoms with Crippen LogP contribution in [0.4, 0.5) is 0 Å². The van der Waals surface area contributed by atoms with Crippen molar-refractivity contribution in [2.24, 2.45) is 0 Å². The summed E-state index contributed by atoms with van der Waals surface area (Å²) in [6, 6.07) is -0.832. The summed E-state index contributed by atoms with van der Waals surface area (Å²) in [6.45, 7) is 2.78. The molecule has 0 bridgehead atoms. The van der Waals surface area contributed by atoms with Crippen molar-refractivity contribution < 1.29 is 64.6 Å². The maximum Gasteiger partial charge on any atom is 0.220 e. The molecule has 0 spiro atoms. The van der Waals surface area contributed by atoms with Crippen LogP contribution in [-0.4, -0.2) is 140 Å². The van der Waals surface area contributed by atoms with E-state index < -0.39 is 86.8 Å². The number of amides is 1. The number of carbonyl (C=O) groups is 1. The van der Waals surface area contributed by atoms with E-state index in [9.17, 15) is 45.6 Å². The summed E-state index contributed by atoms with van der Waals surface area (Å²) >= 11 is 0. The van der Waals surface area contributed by atoms with E-state index in [0.29, 0.717) is 12.8 Å². The van der Waals surface area contributed by atoms with Crippen LogP contribution < -0.4 is 5.32 Å². The van der Waals surface area contributed by atoms with E-state index in [1.54, 1.807) is 0 Å². The largest absolute Gasteiger partial charge is 0.394 e. The van der Waals surface area contributed by atoms with Gasteiger partial charge in [0.2, 0.25) is 5.91 Å². The van der Waals surface area contributed by atoms with Crippen LogP contribution in [0.25, 0.3) is 0 Å². The number of ether oxygens (including phenoxy) is 4. The van der Waals surface area contributed by atoms with Crippen molar-refractivity contribution in [3.8, 4) is 0 Å². The lowest BCUT2D eigenvalue weighted by Crippen LogP contribution is -2.65. The van der Waals surface area contributed by atoms with E-state index in [1.165, 1.54) is 70.6 Å². The summed E-state index contributed by atoms with van der Waals surface area (Å²) in [5, 5.41) is 86.7. The summed E-state index contributed by atoms with van der Waals surface area (Å²) in [5.74, 6) is -0.223. The number of carbonyl (C=O) groups excluding carboxylic acids is 1. The molecule has 14 heteroatoms. The Labute approximate surface area is 367 Å². The standard InChI is InChI=1S/C47H87NO13/c1-3-5-7-9-11-13-15-17-19-21-23-25-27-29-31-39(52)48-35(36(51)30-28-26-24-22-20-18-16-14-12-10-8-6-4-2)34-58-46-44(57)42(55)45(38(33-50)60-46)61-47-43(56)41(54)40(53)37(32-49)59-47/h9,11,15,17,35-38,40-47,49-51,53-57H,3-8,10,12-14,16,18-34H2,1-2H3,(H,48,52)/b11-9-,17-15-. The molecule has 0 aliphatic carbocycles. The molecule has 1 amide bonds. The first-order valence-electron chi connectivity index (χ1n) is 24.1. The van der Waals surface area contributed by atoms with Crippen molar-refractivity contribution in [1.29, 1.82) is 0 Å². The Morgan fingerprint density at radius 2 is 1.10 bits per heavy atom. The molecule has 0 aromatic carbocycles. The van der Waals surface area contributed by atoms with Crippen molar-refractivity contribution in [2.45, 2.75) is 248 Å². The maximum atomic E-state index is 13.1. The molecule has 12 unspecified atom stereocenters. The molecule has 0 saturated carbocycles. The lowest BCUT2D eigenvalue weighted by molar-refractivity contribution is -0.359. The van der Waals surface area contributed by atoms with Gasteiger partial charge in [-0.25, -0.2) is 0 Å². The zero-order chi connectivity index (χ0) is 44.7. The molecule has 9 N–H and O–H groups in total. The zero-order valence-corrected chi connectivity index (χ0v) is 37.7. The Balaban J connectivity index is 1.87. The van der Waals surface area contributed by atoms with Crippen LogP contribution in [0, 0.1) is 0 Å². The fraction of sp³-hybridized carbons (Fsp3) is 0.894. The number of aliphatic hydroxyl groups is 8. The molecule has 0 aromatic rings. The van der Waals surface area contributed by atoms with Crippen molar-refractivity contribution >= 4 is 5.91 Å². The van der Waals surface area contributed by atoms with E-state index in [-0.39, 0.29) is 18.9 Å². The summed E-state index contributed by atoms with van der Waals surface area (Å²) in [4.78, 5) is 13.1. The monoisotopic (exact) mass is 874 g/mol. The second-order valence-corrected chi connectivity index (χ2v) is 17.2. The molecule has 2 fully saturated rings. The highest BCUT2D eigenvalue weighted by molar-refractivity contribution is 5.76. The Morgan fingerprint density at radius 3 is 1.69 bits per heavy atom. The Morgan fingerprint density at radius 1 is 0.590 bits per heavy atom. The minimum absolute atomic E-state index is 0.223. The van der Waals surface area contributed by atoms with Crippen LogP contribution in [-0.2, 0) is 23.7 Å². The molecule has 12 atom stereocenters. The van der Waals surface area contributed by atoms with E-state index in [4.69, 9.17) is 18.9 Å². The van der Waals surface area contributed by atoms with Crippen molar-refractivity contribution in [1.82, 2.24) is 5.32 Å². The van der Waals surface area contributed by atoms with Gasteiger partial charge in [0.25, 0.3) is 0 Å². The van der Waals surface area contributed by atoms with Gasteiger partial charge in [-0.3, -0.25) is 4.79 Å². The highest BCUT2D eigenvalue weighted by atomic mass is 16.7. The maximum absolute atomic E-state index is 13.1. The third kappa shape index (κ3) is 22.8. The summed E-state index contributed by atoms with van der Waals surface area (Å²) in [5.41, 5.74) is 0. The molecule has 2 aliphatic rings. The van der Waals surface area contributed by atoms with Crippen LogP contribution in [0.3, 0.4) is 0 Å². The lowest BCUT2D eigenvalue weighted by atomic mass is 9.97. The van der Waals surface area contributed by atoms with Crippen molar-refractivity contribution in [3.05, 3.63) is 24.3 Å². The predicted molar refractivity (Wildman–Crippen MR) is 235 cm³/mol. The van der Waals surface area contributed by atoms with Crippen LogP contribution in [0.5, 0.6) is 0 Å². The molecule has 2 rings (SSSR count). The topological polar surface area (TPSA) is 228 Å². The average molecular weight is 874 g/mol. The molecule has 0 aromatic heterocycles. The van der Waals surface area contributed by atoms with Crippen molar-refractivity contribution in [2.75, 3.05) is 19.8 Å². The average Bonchev–Trinajstić information content (AvgIpc) is 3.26. The van der Waals surface area contributed by atoms with E-state index in [0.717, 1.165) is 70.6 Å². The minimum atomic E-state index is -1.78. The van der Waals surface area contributed by atoms with Crippen molar-refractivity contribution in [3.63, 3.8) is 0 Å². The molecule has 14 nitrogen and oxygen atoms in total. The van der Waals surface area contributed by atoms with Gasteiger partial charge in [0.1, 0.15) is 48.8 Å². The third-order valence-corrected chi connectivity index (χ3v) is 11.9. The Kier molecular flexibility index (Phi) is 31.7. The van der Waals surface area contributed by atoms with Crippen LogP contribution in [0.1, 0.15) is 174 Å². The van der Waals surface area contributed by atoms with Crippen LogP contribution in [0.2, 0.25) is 0 Å². The number of aliphatic hydroxyl groups excluding tert-OH is 8. The molecular weight excluding hydrogens is 787 g/mol. The lowest BCUT2D eigenvalue weighted by Gasteiger charge is -2.46. The van der Waals surface area contributed by atoms with Gasteiger partial charge in [0.05, 0.1) is 32.0 Å². The first-order chi connectivity index (χ1) is 29.6. The molecular formula is C47H87NO13. The summed E-state index contributed by atoms with van der Waals surface area (Å²) < 4.78 is 22.7. The summed E-state index contributed by atoms with van der Waals surface area (Å²) in [7, 11) is 0. The first kappa shape index (κ1) is 55.6. The molecule has 2 aliphatic heterocycles. The first-order valence-corrected chi connectivity index (χ1v) is 24.1. The minimum Gasteiger partial charge on any atom is -0.394 e. The molecule has 2 saturated heterocycles. The highest BCUT2D eigenvalue weighted by Crippen LogP contribution is 2.30. The molecule has 2 heterocycles. The molecule has 358 valence electrons. The third-order valence-electron chi connectivity index (χ3n) is 11.9. The molecule has 61 heavy (non-hydrogen) atoms.